The number of benzene rings is 2. The molecule has 0 aliphatic heterocycles. The van der Waals surface area contributed by atoms with E-state index in [1.54, 1.807) is 31.2 Å². The number of carboxylic acids is 1. The van der Waals surface area contributed by atoms with Gasteiger partial charge in [0.1, 0.15) is 17.2 Å². The van der Waals surface area contributed by atoms with Gasteiger partial charge in [0.05, 0.1) is 6.42 Å². The highest BCUT2D eigenvalue weighted by Crippen LogP contribution is 2.40. The van der Waals surface area contributed by atoms with Crippen molar-refractivity contribution in [2.45, 2.75) is 23.7 Å². The van der Waals surface area contributed by atoms with Crippen LogP contribution in [-0.2, 0) is 10.2 Å². The Bertz CT molecular complexity index is 716. The summed E-state index contributed by atoms with van der Waals surface area (Å²) in [6.45, 7) is 1.76. The summed E-state index contributed by atoms with van der Waals surface area (Å²) in [7, 11) is 0. The van der Waals surface area contributed by atoms with E-state index in [4.69, 9.17) is 0 Å². The molecule has 0 aliphatic carbocycles. The molecule has 0 heterocycles. The predicted octanol–water partition coefficient (Wildman–Crippen LogP) is 3.33. The monoisotopic (exact) mass is 334 g/mol. The third-order valence-electron chi connectivity index (χ3n) is 3.58. The molecule has 0 amide bonds. The second-order valence-electron chi connectivity index (χ2n) is 5.59. The van der Waals surface area contributed by atoms with E-state index in [1.165, 1.54) is 30.0 Å². The van der Waals surface area contributed by atoms with Crippen LogP contribution in [0.3, 0.4) is 0 Å². The van der Waals surface area contributed by atoms with Crippen LogP contribution in [0.25, 0.3) is 0 Å². The first kappa shape index (κ1) is 17.0. The maximum Gasteiger partial charge on any atom is 0.304 e. The highest BCUT2D eigenvalue weighted by Gasteiger charge is 2.32. The van der Waals surface area contributed by atoms with Gasteiger partial charge in [0.2, 0.25) is 0 Å². The van der Waals surface area contributed by atoms with Crippen molar-refractivity contribution in [2.75, 3.05) is 5.75 Å². The Morgan fingerprint density at radius 3 is 2.39 bits per heavy atom. The molecule has 4 N–H and O–H groups in total. The number of aromatic hydroxyl groups is 3. The Hall–Kier alpha value is -2.34. The Balaban J connectivity index is 2.29. The summed E-state index contributed by atoms with van der Waals surface area (Å²) >= 11 is 1.27. The van der Waals surface area contributed by atoms with E-state index >= 15 is 0 Å². The van der Waals surface area contributed by atoms with Crippen LogP contribution in [0.2, 0.25) is 0 Å². The summed E-state index contributed by atoms with van der Waals surface area (Å²) in [6, 6.07) is 10.9. The lowest BCUT2D eigenvalue weighted by Gasteiger charge is -2.29. The molecule has 0 radical (unpaired) electrons. The van der Waals surface area contributed by atoms with E-state index in [2.05, 4.69) is 0 Å². The van der Waals surface area contributed by atoms with Gasteiger partial charge in [0, 0.05) is 27.7 Å². The molecule has 0 spiro atoms. The third-order valence-corrected chi connectivity index (χ3v) is 5.02. The SMILES string of the molecule is CC(CSc1ccc(O)cc1O)(CC(=O)O)c1ccccc1O. The molecule has 5 nitrogen and oxygen atoms in total. The summed E-state index contributed by atoms with van der Waals surface area (Å²) in [4.78, 5) is 11.8. The number of thioether (sulfide) groups is 1. The first-order valence-electron chi connectivity index (χ1n) is 6.97. The number of rotatable bonds is 6. The van der Waals surface area contributed by atoms with E-state index in [1.807, 2.05) is 0 Å². The summed E-state index contributed by atoms with van der Waals surface area (Å²) in [5.74, 6) is -0.682. The Morgan fingerprint density at radius 2 is 1.78 bits per heavy atom. The fourth-order valence-electron chi connectivity index (χ4n) is 2.41. The zero-order chi connectivity index (χ0) is 17.0. The zero-order valence-corrected chi connectivity index (χ0v) is 13.4. The normalized spacial score (nSPS) is 13.4. The molecule has 6 heteroatoms. The number of hydrogen-bond donors (Lipinski definition) is 4. The first-order chi connectivity index (χ1) is 10.8. The lowest BCUT2D eigenvalue weighted by Crippen LogP contribution is -2.28. The standard InChI is InChI=1S/C17H18O5S/c1-17(9-16(21)22,12-4-2-3-5-13(12)19)10-23-15-7-6-11(18)8-14(15)20/h2-8,18-20H,9-10H2,1H3,(H,21,22). The van der Waals surface area contributed by atoms with Gasteiger partial charge in [-0.3, -0.25) is 4.79 Å². The number of aliphatic carboxylic acids is 1. The second kappa shape index (κ2) is 6.83. The Morgan fingerprint density at radius 1 is 1.09 bits per heavy atom. The minimum atomic E-state index is -0.966. The van der Waals surface area contributed by atoms with Gasteiger partial charge in [0.15, 0.2) is 0 Å². The summed E-state index contributed by atoms with van der Waals surface area (Å²) < 4.78 is 0. The van der Waals surface area contributed by atoms with Gasteiger partial charge in [-0.15, -0.1) is 11.8 Å². The van der Waals surface area contributed by atoms with Gasteiger partial charge in [0.25, 0.3) is 0 Å². The summed E-state index contributed by atoms with van der Waals surface area (Å²) in [5, 5.41) is 38.4. The molecule has 0 bridgehead atoms. The van der Waals surface area contributed by atoms with Gasteiger partial charge in [-0.05, 0) is 18.2 Å². The molecule has 122 valence electrons. The van der Waals surface area contributed by atoms with Crippen LogP contribution in [0.1, 0.15) is 18.9 Å². The third kappa shape index (κ3) is 4.10. The number of hydrogen-bond acceptors (Lipinski definition) is 5. The number of carboxylic acid groups (broad SMARTS) is 1. The summed E-state index contributed by atoms with van der Waals surface area (Å²) in [6.07, 6.45) is -0.156. The van der Waals surface area contributed by atoms with E-state index in [0.717, 1.165) is 0 Å². The molecule has 0 fully saturated rings. The minimum Gasteiger partial charge on any atom is -0.508 e. The maximum atomic E-state index is 11.2. The number of phenolic OH excluding ortho intramolecular Hbond substituents is 3. The van der Waals surface area contributed by atoms with Crippen molar-refractivity contribution in [1.82, 2.24) is 0 Å². The second-order valence-corrected chi connectivity index (χ2v) is 6.61. The van der Waals surface area contributed by atoms with Crippen molar-refractivity contribution >= 4 is 17.7 Å². The van der Waals surface area contributed by atoms with Crippen molar-refractivity contribution in [3.05, 3.63) is 48.0 Å². The smallest absolute Gasteiger partial charge is 0.304 e. The molecule has 1 unspecified atom stereocenters. The molecule has 0 aliphatic rings. The van der Waals surface area contributed by atoms with Crippen LogP contribution in [0.15, 0.2) is 47.4 Å². The van der Waals surface area contributed by atoms with Gasteiger partial charge in [-0.2, -0.15) is 0 Å². The van der Waals surface area contributed by atoms with E-state index < -0.39 is 11.4 Å². The number of carbonyl (C=O) groups is 1. The average molecular weight is 334 g/mol. The van der Waals surface area contributed by atoms with Crippen LogP contribution in [0.5, 0.6) is 17.2 Å². The molecule has 0 aromatic heterocycles. The molecular weight excluding hydrogens is 316 g/mol. The van der Waals surface area contributed by atoms with Crippen molar-refractivity contribution in [3.8, 4) is 17.2 Å². The topological polar surface area (TPSA) is 98.0 Å². The highest BCUT2D eigenvalue weighted by molar-refractivity contribution is 7.99. The van der Waals surface area contributed by atoms with Crippen molar-refractivity contribution in [1.29, 1.82) is 0 Å². The molecule has 0 saturated heterocycles. The quantitative estimate of drug-likeness (QED) is 0.605. The van der Waals surface area contributed by atoms with Crippen LogP contribution in [-0.4, -0.2) is 32.1 Å². The van der Waals surface area contributed by atoms with Gasteiger partial charge in [-0.1, -0.05) is 25.1 Å². The van der Waals surface area contributed by atoms with E-state index in [-0.39, 0.29) is 23.7 Å². The van der Waals surface area contributed by atoms with Crippen LogP contribution < -0.4 is 0 Å². The largest absolute Gasteiger partial charge is 0.508 e. The zero-order valence-electron chi connectivity index (χ0n) is 12.6. The van der Waals surface area contributed by atoms with Gasteiger partial charge < -0.3 is 20.4 Å². The highest BCUT2D eigenvalue weighted by atomic mass is 32.2. The van der Waals surface area contributed by atoms with Gasteiger partial charge in [-0.25, -0.2) is 0 Å². The van der Waals surface area contributed by atoms with Gasteiger partial charge >= 0.3 is 5.97 Å². The maximum absolute atomic E-state index is 11.2. The first-order valence-corrected chi connectivity index (χ1v) is 7.95. The molecular formula is C17H18O5S. The van der Waals surface area contributed by atoms with Crippen molar-refractivity contribution < 1.29 is 25.2 Å². The molecule has 2 aromatic carbocycles. The Labute approximate surface area is 138 Å². The fraction of sp³-hybridized carbons (Fsp3) is 0.235. The number of para-hydroxylation sites is 1. The molecule has 1 atom stereocenters. The van der Waals surface area contributed by atoms with Crippen LogP contribution >= 0.6 is 11.8 Å². The van der Waals surface area contributed by atoms with Crippen molar-refractivity contribution in [2.24, 2.45) is 0 Å². The lowest BCUT2D eigenvalue weighted by molar-refractivity contribution is -0.138. The summed E-state index contributed by atoms with van der Waals surface area (Å²) in [5.41, 5.74) is -0.264. The number of phenols is 3. The van der Waals surface area contributed by atoms with Crippen LogP contribution in [0.4, 0.5) is 0 Å². The minimum absolute atomic E-state index is 0.0409. The molecule has 2 aromatic rings. The predicted molar refractivity (Wildman–Crippen MR) is 88.2 cm³/mol. The average Bonchev–Trinajstić information content (AvgIpc) is 2.46. The van der Waals surface area contributed by atoms with E-state index in [9.17, 15) is 25.2 Å². The van der Waals surface area contributed by atoms with Crippen molar-refractivity contribution in [3.63, 3.8) is 0 Å². The molecule has 2 rings (SSSR count). The lowest BCUT2D eigenvalue weighted by atomic mass is 9.81. The Kier molecular flexibility index (Phi) is 5.05. The molecule has 0 saturated carbocycles. The van der Waals surface area contributed by atoms with Crippen LogP contribution in [0, 0.1) is 0 Å². The van der Waals surface area contributed by atoms with E-state index in [0.29, 0.717) is 16.2 Å². The fourth-order valence-corrected chi connectivity index (χ4v) is 3.51. The molecule has 23 heavy (non-hydrogen) atoms.